The summed E-state index contributed by atoms with van der Waals surface area (Å²) in [7, 11) is 1.95. The maximum absolute atomic E-state index is 12.1. The minimum absolute atomic E-state index is 0.0411. The SMILES string of the molecule is CCOc1ccc(CN(C)CC(=O)NC(C)c2cccs2)cc1. The van der Waals surface area contributed by atoms with Crippen molar-refractivity contribution in [2.75, 3.05) is 20.2 Å². The van der Waals surface area contributed by atoms with Crippen LogP contribution in [0.25, 0.3) is 0 Å². The van der Waals surface area contributed by atoms with Crippen molar-refractivity contribution in [1.82, 2.24) is 10.2 Å². The zero-order valence-corrected chi connectivity index (χ0v) is 14.7. The quantitative estimate of drug-likeness (QED) is 0.805. The van der Waals surface area contributed by atoms with Gasteiger partial charge in [0.15, 0.2) is 0 Å². The minimum atomic E-state index is 0.0411. The molecular formula is C18H24N2O2S. The van der Waals surface area contributed by atoms with Gasteiger partial charge in [-0.3, -0.25) is 9.69 Å². The molecule has 1 unspecified atom stereocenters. The molecule has 1 aromatic heterocycles. The van der Waals surface area contributed by atoms with E-state index in [0.717, 1.165) is 17.9 Å². The zero-order chi connectivity index (χ0) is 16.7. The van der Waals surface area contributed by atoms with Gasteiger partial charge in [0.05, 0.1) is 19.2 Å². The maximum atomic E-state index is 12.1. The highest BCUT2D eigenvalue weighted by Gasteiger charge is 2.12. The van der Waals surface area contributed by atoms with Crippen molar-refractivity contribution < 1.29 is 9.53 Å². The van der Waals surface area contributed by atoms with Crippen LogP contribution in [0, 0.1) is 0 Å². The lowest BCUT2D eigenvalue weighted by Gasteiger charge is -2.18. The van der Waals surface area contributed by atoms with E-state index in [-0.39, 0.29) is 11.9 Å². The molecule has 23 heavy (non-hydrogen) atoms. The van der Waals surface area contributed by atoms with Crippen molar-refractivity contribution >= 4 is 17.2 Å². The lowest BCUT2D eigenvalue weighted by Crippen LogP contribution is -2.36. The minimum Gasteiger partial charge on any atom is -0.494 e. The van der Waals surface area contributed by atoms with Crippen molar-refractivity contribution in [1.29, 1.82) is 0 Å². The molecule has 124 valence electrons. The predicted octanol–water partition coefficient (Wildman–Crippen LogP) is 3.46. The Morgan fingerprint density at radius 2 is 2.04 bits per heavy atom. The van der Waals surface area contributed by atoms with Gasteiger partial charge in [0.2, 0.25) is 5.91 Å². The third kappa shape index (κ3) is 5.69. The molecule has 1 heterocycles. The van der Waals surface area contributed by atoms with E-state index in [1.807, 2.05) is 67.6 Å². The largest absolute Gasteiger partial charge is 0.494 e. The highest BCUT2D eigenvalue weighted by molar-refractivity contribution is 7.10. The van der Waals surface area contributed by atoms with Crippen LogP contribution in [0.4, 0.5) is 0 Å². The summed E-state index contributed by atoms with van der Waals surface area (Å²) in [6.45, 7) is 5.76. The van der Waals surface area contributed by atoms with E-state index in [1.54, 1.807) is 11.3 Å². The summed E-state index contributed by atoms with van der Waals surface area (Å²) in [5.41, 5.74) is 1.16. The van der Waals surface area contributed by atoms with Gasteiger partial charge in [-0.25, -0.2) is 0 Å². The second-order valence-corrected chi connectivity index (χ2v) is 6.53. The third-order valence-electron chi connectivity index (χ3n) is 3.45. The lowest BCUT2D eigenvalue weighted by atomic mass is 10.2. The number of hydrogen-bond acceptors (Lipinski definition) is 4. The number of likely N-dealkylation sites (N-methyl/N-ethyl adjacent to an activating group) is 1. The van der Waals surface area contributed by atoms with Gasteiger partial charge >= 0.3 is 0 Å². The second-order valence-electron chi connectivity index (χ2n) is 5.55. The van der Waals surface area contributed by atoms with E-state index in [4.69, 9.17) is 4.74 Å². The molecule has 0 aliphatic carbocycles. The molecule has 0 aliphatic rings. The van der Waals surface area contributed by atoms with E-state index in [1.165, 1.54) is 4.88 Å². The van der Waals surface area contributed by atoms with E-state index in [2.05, 4.69) is 5.32 Å². The van der Waals surface area contributed by atoms with Crippen LogP contribution < -0.4 is 10.1 Å². The number of rotatable bonds is 8. The van der Waals surface area contributed by atoms with Gasteiger partial charge in [0.1, 0.15) is 5.75 Å². The molecule has 1 atom stereocenters. The summed E-state index contributed by atoms with van der Waals surface area (Å²) in [5.74, 6) is 0.917. The molecule has 0 bridgehead atoms. The summed E-state index contributed by atoms with van der Waals surface area (Å²) in [5, 5.41) is 5.06. The number of hydrogen-bond donors (Lipinski definition) is 1. The Kier molecular flexibility index (Phi) is 6.62. The Morgan fingerprint density at radius 3 is 2.65 bits per heavy atom. The van der Waals surface area contributed by atoms with Gasteiger partial charge in [-0.2, -0.15) is 0 Å². The number of nitrogens with one attached hydrogen (secondary N) is 1. The number of ether oxygens (including phenoxy) is 1. The molecule has 1 N–H and O–H groups in total. The standard InChI is InChI=1S/C18H24N2O2S/c1-4-22-16-9-7-15(8-10-16)12-20(3)13-18(21)19-14(2)17-6-5-11-23-17/h5-11,14H,4,12-13H2,1-3H3,(H,19,21). The van der Waals surface area contributed by atoms with Crippen LogP contribution >= 0.6 is 11.3 Å². The van der Waals surface area contributed by atoms with Crippen LogP contribution in [0.3, 0.4) is 0 Å². The summed E-state index contributed by atoms with van der Waals surface area (Å²) in [6.07, 6.45) is 0. The lowest BCUT2D eigenvalue weighted by molar-refractivity contribution is -0.122. The van der Waals surface area contributed by atoms with Crippen LogP contribution in [-0.2, 0) is 11.3 Å². The first-order valence-corrected chi connectivity index (χ1v) is 8.69. The molecule has 0 fully saturated rings. The average Bonchev–Trinajstić information content (AvgIpc) is 3.03. The van der Waals surface area contributed by atoms with Gasteiger partial charge in [0, 0.05) is 11.4 Å². The topological polar surface area (TPSA) is 41.6 Å². The number of carbonyl (C=O) groups excluding carboxylic acids is 1. The molecular weight excluding hydrogens is 308 g/mol. The Bertz CT molecular complexity index is 596. The van der Waals surface area contributed by atoms with Crippen LogP contribution in [0.1, 0.15) is 30.3 Å². The van der Waals surface area contributed by atoms with Crippen LogP contribution in [0.2, 0.25) is 0 Å². The smallest absolute Gasteiger partial charge is 0.234 e. The first kappa shape index (κ1) is 17.5. The summed E-state index contributed by atoms with van der Waals surface area (Å²) < 4.78 is 5.43. The van der Waals surface area contributed by atoms with Gasteiger partial charge in [-0.05, 0) is 50.0 Å². The number of amides is 1. The molecule has 2 rings (SSSR count). The second kappa shape index (κ2) is 8.70. The van der Waals surface area contributed by atoms with Crippen molar-refractivity contribution in [3.05, 3.63) is 52.2 Å². The monoisotopic (exact) mass is 332 g/mol. The molecule has 0 saturated heterocycles. The molecule has 0 aliphatic heterocycles. The Morgan fingerprint density at radius 1 is 1.30 bits per heavy atom. The maximum Gasteiger partial charge on any atom is 0.234 e. The highest BCUT2D eigenvalue weighted by atomic mass is 32.1. The molecule has 1 amide bonds. The predicted molar refractivity (Wildman–Crippen MR) is 94.8 cm³/mol. The van der Waals surface area contributed by atoms with Crippen molar-refractivity contribution in [3.8, 4) is 5.75 Å². The van der Waals surface area contributed by atoms with Crippen molar-refractivity contribution in [2.45, 2.75) is 26.4 Å². The number of carbonyl (C=O) groups is 1. The summed E-state index contributed by atoms with van der Waals surface area (Å²) in [4.78, 5) is 15.3. The number of thiophene rings is 1. The van der Waals surface area contributed by atoms with Gasteiger partial charge < -0.3 is 10.1 Å². The van der Waals surface area contributed by atoms with E-state index >= 15 is 0 Å². The van der Waals surface area contributed by atoms with Gasteiger partial charge in [0.25, 0.3) is 0 Å². The van der Waals surface area contributed by atoms with Crippen molar-refractivity contribution in [2.24, 2.45) is 0 Å². The number of nitrogens with zero attached hydrogens (tertiary/aromatic N) is 1. The van der Waals surface area contributed by atoms with E-state index in [9.17, 15) is 4.79 Å². The Balaban J connectivity index is 1.79. The van der Waals surface area contributed by atoms with E-state index in [0.29, 0.717) is 13.2 Å². The normalized spacial score (nSPS) is 12.2. The molecule has 0 radical (unpaired) electrons. The van der Waals surface area contributed by atoms with Crippen LogP contribution in [-0.4, -0.2) is 31.0 Å². The molecule has 5 heteroatoms. The van der Waals surface area contributed by atoms with Crippen LogP contribution in [0.15, 0.2) is 41.8 Å². The molecule has 1 aromatic carbocycles. The molecule has 0 spiro atoms. The average molecular weight is 332 g/mol. The molecule has 4 nitrogen and oxygen atoms in total. The fourth-order valence-electron chi connectivity index (χ4n) is 2.37. The molecule has 2 aromatic rings. The Labute approximate surface area is 142 Å². The Hall–Kier alpha value is -1.85. The fourth-order valence-corrected chi connectivity index (χ4v) is 3.10. The summed E-state index contributed by atoms with van der Waals surface area (Å²) >= 11 is 1.66. The van der Waals surface area contributed by atoms with Gasteiger partial charge in [-0.15, -0.1) is 11.3 Å². The van der Waals surface area contributed by atoms with Gasteiger partial charge in [-0.1, -0.05) is 18.2 Å². The fraction of sp³-hybridized carbons (Fsp3) is 0.389. The first-order chi connectivity index (χ1) is 11.1. The van der Waals surface area contributed by atoms with Crippen molar-refractivity contribution in [3.63, 3.8) is 0 Å². The summed E-state index contributed by atoms with van der Waals surface area (Å²) in [6, 6.07) is 12.1. The third-order valence-corrected chi connectivity index (χ3v) is 4.50. The molecule has 0 saturated carbocycles. The van der Waals surface area contributed by atoms with E-state index < -0.39 is 0 Å². The highest BCUT2D eigenvalue weighted by Crippen LogP contribution is 2.18. The first-order valence-electron chi connectivity index (χ1n) is 7.81. The zero-order valence-electron chi connectivity index (χ0n) is 13.9. The number of benzene rings is 1. The van der Waals surface area contributed by atoms with Crippen LogP contribution in [0.5, 0.6) is 5.75 Å².